The second kappa shape index (κ2) is 9.08. The second-order valence-corrected chi connectivity index (χ2v) is 9.86. The molecule has 2 aromatic rings. The van der Waals surface area contributed by atoms with Gasteiger partial charge in [-0.25, -0.2) is 8.42 Å². The van der Waals surface area contributed by atoms with Crippen molar-refractivity contribution in [3.8, 4) is 11.5 Å². The zero-order valence-electron chi connectivity index (χ0n) is 17.9. The number of ether oxygens (including phenoxy) is 3. The van der Waals surface area contributed by atoms with E-state index >= 15 is 0 Å². The van der Waals surface area contributed by atoms with Gasteiger partial charge >= 0.3 is 0 Å². The van der Waals surface area contributed by atoms with Crippen LogP contribution in [-0.4, -0.2) is 88.6 Å². The minimum Gasteiger partial charge on any atom is -0.490 e. The molecule has 10 nitrogen and oxygen atoms in total. The van der Waals surface area contributed by atoms with Gasteiger partial charge in [0.05, 0.1) is 43.2 Å². The van der Waals surface area contributed by atoms with Gasteiger partial charge in [0.15, 0.2) is 17.3 Å². The number of morpholine rings is 1. The minimum absolute atomic E-state index is 0.226. The molecule has 0 atom stereocenters. The third-order valence-corrected chi connectivity index (χ3v) is 7.82. The Kier molecular flexibility index (Phi) is 6.03. The smallest absolute Gasteiger partial charge is 0.243 e. The highest BCUT2D eigenvalue weighted by molar-refractivity contribution is 7.89. The lowest BCUT2D eigenvalue weighted by Gasteiger charge is -2.35. The van der Waals surface area contributed by atoms with E-state index in [9.17, 15) is 8.42 Å². The van der Waals surface area contributed by atoms with Gasteiger partial charge in [-0.2, -0.15) is 9.40 Å². The van der Waals surface area contributed by atoms with Gasteiger partial charge in [0.1, 0.15) is 0 Å². The maximum absolute atomic E-state index is 13.2. The number of fused-ring (bicyclic) bond motifs is 1. The normalized spacial score (nSPS) is 20.1. The predicted molar refractivity (Wildman–Crippen MR) is 118 cm³/mol. The van der Waals surface area contributed by atoms with E-state index in [-0.39, 0.29) is 4.90 Å². The van der Waals surface area contributed by atoms with Crippen molar-refractivity contribution in [1.29, 1.82) is 0 Å². The first-order chi connectivity index (χ1) is 15.6. The van der Waals surface area contributed by atoms with E-state index in [1.165, 1.54) is 4.31 Å². The van der Waals surface area contributed by atoms with Crippen LogP contribution in [0.25, 0.3) is 0 Å². The lowest BCUT2D eigenvalue weighted by atomic mass is 10.3. The number of hydrogen-bond acceptors (Lipinski definition) is 9. The lowest BCUT2D eigenvalue weighted by molar-refractivity contribution is 0.122. The molecule has 1 aromatic heterocycles. The number of benzene rings is 1. The Morgan fingerprint density at radius 2 is 1.56 bits per heavy atom. The van der Waals surface area contributed by atoms with E-state index in [1.807, 2.05) is 6.07 Å². The van der Waals surface area contributed by atoms with E-state index in [2.05, 4.69) is 20.0 Å². The van der Waals surface area contributed by atoms with Gasteiger partial charge in [0.25, 0.3) is 0 Å². The molecule has 1 aromatic carbocycles. The number of nitrogens with zero attached hydrogens (tertiary/aromatic N) is 5. The minimum atomic E-state index is -3.63. The van der Waals surface area contributed by atoms with Crippen LogP contribution in [0.5, 0.6) is 11.5 Å². The highest BCUT2D eigenvalue weighted by Gasteiger charge is 2.30. The Balaban J connectivity index is 1.27. The van der Waals surface area contributed by atoms with Crippen LogP contribution in [-0.2, 0) is 14.8 Å². The van der Waals surface area contributed by atoms with Gasteiger partial charge in [0, 0.05) is 57.8 Å². The van der Waals surface area contributed by atoms with Crippen molar-refractivity contribution in [2.75, 3.05) is 75.5 Å². The molecule has 4 heterocycles. The second-order valence-electron chi connectivity index (χ2n) is 7.92. The number of piperazine rings is 1. The van der Waals surface area contributed by atoms with Crippen LogP contribution in [0.2, 0.25) is 0 Å². The molecule has 2 fully saturated rings. The van der Waals surface area contributed by atoms with Crippen molar-refractivity contribution in [2.24, 2.45) is 0 Å². The SMILES string of the molecule is O=S(=O)(c1ccc2c(c1)OCCCO2)N1CCN(c2cc(N3CCOCC3)cnn2)CC1. The summed E-state index contributed by atoms with van der Waals surface area (Å²) < 4.78 is 44.7. The van der Waals surface area contributed by atoms with E-state index in [1.54, 1.807) is 24.4 Å². The number of anilines is 2. The molecule has 5 rings (SSSR count). The summed E-state index contributed by atoms with van der Waals surface area (Å²) in [6, 6.07) is 6.86. The van der Waals surface area contributed by atoms with Crippen LogP contribution in [0.3, 0.4) is 0 Å². The van der Waals surface area contributed by atoms with Crippen LogP contribution in [0.1, 0.15) is 6.42 Å². The molecule has 0 aliphatic carbocycles. The highest BCUT2D eigenvalue weighted by Crippen LogP contribution is 2.33. The van der Waals surface area contributed by atoms with Gasteiger partial charge in [-0.15, -0.1) is 5.10 Å². The monoisotopic (exact) mass is 461 g/mol. The molecule has 0 N–H and O–H groups in total. The van der Waals surface area contributed by atoms with Crippen LogP contribution < -0.4 is 19.3 Å². The summed E-state index contributed by atoms with van der Waals surface area (Å²) in [4.78, 5) is 4.54. The summed E-state index contributed by atoms with van der Waals surface area (Å²) in [6.45, 7) is 5.98. The third kappa shape index (κ3) is 4.32. The molecule has 0 saturated carbocycles. The summed E-state index contributed by atoms with van der Waals surface area (Å²) in [5.74, 6) is 1.84. The van der Waals surface area contributed by atoms with Gasteiger partial charge in [0.2, 0.25) is 10.0 Å². The van der Waals surface area contributed by atoms with E-state index < -0.39 is 10.0 Å². The van der Waals surface area contributed by atoms with Gasteiger partial charge in [-0.05, 0) is 12.1 Å². The molecule has 0 amide bonds. The highest BCUT2D eigenvalue weighted by atomic mass is 32.2. The average molecular weight is 462 g/mol. The van der Waals surface area contributed by atoms with E-state index in [4.69, 9.17) is 14.2 Å². The number of hydrogen-bond donors (Lipinski definition) is 0. The fourth-order valence-corrected chi connectivity index (χ4v) is 5.54. The molecular formula is C21H27N5O5S. The molecule has 0 bridgehead atoms. The summed E-state index contributed by atoms with van der Waals surface area (Å²) in [5.41, 5.74) is 1.01. The van der Waals surface area contributed by atoms with Crippen molar-refractivity contribution in [1.82, 2.24) is 14.5 Å². The van der Waals surface area contributed by atoms with Crippen LogP contribution >= 0.6 is 0 Å². The largest absolute Gasteiger partial charge is 0.490 e. The molecule has 0 spiro atoms. The summed E-state index contributed by atoms with van der Waals surface area (Å²) >= 11 is 0. The fourth-order valence-electron chi connectivity index (χ4n) is 4.11. The zero-order valence-corrected chi connectivity index (χ0v) is 18.7. The lowest BCUT2D eigenvalue weighted by Crippen LogP contribution is -2.49. The molecule has 32 heavy (non-hydrogen) atoms. The summed E-state index contributed by atoms with van der Waals surface area (Å²) in [5, 5.41) is 8.45. The molecule has 11 heteroatoms. The quantitative estimate of drug-likeness (QED) is 0.660. The Morgan fingerprint density at radius 3 is 2.34 bits per heavy atom. The Hall–Kier alpha value is -2.63. The Labute approximate surface area is 187 Å². The van der Waals surface area contributed by atoms with Crippen molar-refractivity contribution in [3.63, 3.8) is 0 Å². The van der Waals surface area contributed by atoms with Crippen LogP contribution in [0, 0.1) is 0 Å². The predicted octanol–water partition coefficient (Wildman–Crippen LogP) is 0.985. The first kappa shape index (κ1) is 21.2. The zero-order chi connectivity index (χ0) is 22.0. The number of aromatic nitrogens is 2. The van der Waals surface area contributed by atoms with Crippen molar-refractivity contribution < 1.29 is 22.6 Å². The van der Waals surface area contributed by atoms with Crippen molar-refractivity contribution in [3.05, 3.63) is 30.5 Å². The molecule has 2 saturated heterocycles. The molecule has 3 aliphatic rings. The summed E-state index contributed by atoms with van der Waals surface area (Å²) in [6.07, 6.45) is 2.54. The third-order valence-electron chi connectivity index (χ3n) is 5.92. The first-order valence-corrected chi connectivity index (χ1v) is 12.4. The first-order valence-electron chi connectivity index (χ1n) is 10.9. The van der Waals surface area contributed by atoms with Crippen molar-refractivity contribution >= 4 is 21.5 Å². The van der Waals surface area contributed by atoms with E-state index in [0.717, 1.165) is 31.0 Å². The van der Waals surface area contributed by atoms with Crippen LogP contribution in [0.15, 0.2) is 35.4 Å². The number of sulfonamides is 1. The Morgan fingerprint density at radius 1 is 0.812 bits per heavy atom. The van der Waals surface area contributed by atoms with Gasteiger partial charge in [-0.1, -0.05) is 0 Å². The maximum Gasteiger partial charge on any atom is 0.243 e. The van der Waals surface area contributed by atoms with Crippen molar-refractivity contribution in [2.45, 2.75) is 11.3 Å². The average Bonchev–Trinajstić information content (AvgIpc) is 3.10. The van der Waals surface area contributed by atoms with Gasteiger partial charge in [-0.3, -0.25) is 0 Å². The summed E-state index contributed by atoms with van der Waals surface area (Å²) in [7, 11) is -3.63. The van der Waals surface area contributed by atoms with Gasteiger partial charge < -0.3 is 24.0 Å². The molecular weight excluding hydrogens is 434 g/mol. The Bertz CT molecular complexity index is 1050. The van der Waals surface area contributed by atoms with E-state index in [0.29, 0.717) is 64.1 Å². The number of rotatable bonds is 4. The molecule has 0 unspecified atom stereocenters. The molecule has 3 aliphatic heterocycles. The maximum atomic E-state index is 13.2. The fraction of sp³-hybridized carbons (Fsp3) is 0.524. The standard InChI is InChI=1S/C21H27N5O5S/c27-32(28,18-2-3-19-20(15-18)31-11-1-10-30-19)26-6-4-25(5-7-26)21-14-17(16-22-23-21)24-8-12-29-13-9-24/h2-3,14-16H,1,4-13H2. The topological polar surface area (TPSA) is 97.3 Å². The van der Waals surface area contributed by atoms with Crippen LogP contribution in [0.4, 0.5) is 11.5 Å². The molecule has 0 radical (unpaired) electrons. The molecule has 172 valence electrons.